The van der Waals surface area contributed by atoms with E-state index in [2.05, 4.69) is 15.6 Å². The molecule has 0 aliphatic carbocycles. The Labute approximate surface area is 175 Å². The second-order valence-electron chi connectivity index (χ2n) is 6.04. The standard InChI is InChI=1S/C16H22ClN3O4S.HI/c1-2-18-16(20-12-3-6-25(21,22)10-12)19-9-11-7-13(17)15-14(8-11)23-4-5-24-15;/h7-8,12H,2-6,9-10H2,1H3,(H2,18,19,20);1H. The van der Waals surface area contributed by atoms with Crippen molar-refractivity contribution in [2.45, 2.75) is 25.9 Å². The monoisotopic (exact) mass is 515 g/mol. The normalized spacial score (nSPS) is 21.0. The summed E-state index contributed by atoms with van der Waals surface area (Å²) < 4.78 is 34.3. The molecular weight excluding hydrogens is 493 g/mol. The predicted octanol–water partition coefficient (Wildman–Crippen LogP) is 1.97. The van der Waals surface area contributed by atoms with E-state index in [9.17, 15) is 8.42 Å². The summed E-state index contributed by atoms with van der Waals surface area (Å²) in [5.74, 6) is 2.16. The van der Waals surface area contributed by atoms with Crippen LogP contribution in [0.25, 0.3) is 0 Å². The highest BCUT2D eigenvalue weighted by molar-refractivity contribution is 14.0. The Morgan fingerprint density at radius 2 is 2.12 bits per heavy atom. The van der Waals surface area contributed by atoms with Crippen LogP contribution >= 0.6 is 35.6 Å². The third kappa shape index (κ3) is 5.53. The molecule has 0 saturated carbocycles. The molecule has 1 aromatic carbocycles. The van der Waals surface area contributed by atoms with Gasteiger partial charge in [-0.15, -0.1) is 24.0 Å². The van der Waals surface area contributed by atoms with Crippen molar-refractivity contribution in [1.29, 1.82) is 0 Å². The first-order chi connectivity index (χ1) is 12.0. The number of aliphatic imine (C=N–C) groups is 1. The van der Waals surface area contributed by atoms with Crippen molar-refractivity contribution in [2.75, 3.05) is 31.3 Å². The number of benzene rings is 1. The minimum absolute atomic E-state index is 0. The van der Waals surface area contributed by atoms with Gasteiger partial charge in [-0.3, -0.25) is 0 Å². The summed E-state index contributed by atoms with van der Waals surface area (Å²) in [5, 5.41) is 6.83. The van der Waals surface area contributed by atoms with Crippen LogP contribution in [0.3, 0.4) is 0 Å². The predicted molar refractivity (Wildman–Crippen MR) is 113 cm³/mol. The van der Waals surface area contributed by atoms with Crippen molar-refractivity contribution in [2.24, 2.45) is 4.99 Å². The van der Waals surface area contributed by atoms with Crippen molar-refractivity contribution in [3.05, 3.63) is 22.7 Å². The van der Waals surface area contributed by atoms with E-state index in [4.69, 9.17) is 21.1 Å². The first-order valence-corrected chi connectivity index (χ1v) is 10.5. The molecule has 1 saturated heterocycles. The lowest BCUT2D eigenvalue weighted by molar-refractivity contribution is 0.171. The van der Waals surface area contributed by atoms with Gasteiger partial charge in [-0.2, -0.15) is 0 Å². The number of sulfone groups is 1. The Kier molecular flexibility index (Phi) is 7.65. The minimum atomic E-state index is -2.93. The van der Waals surface area contributed by atoms with Gasteiger partial charge in [0.05, 0.1) is 23.1 Å². The molecule has 2 aliphatic rings. The highest BCUT2D eigenvalue weighted by Crippen LogP contribution is 2.38. The number of guanidine groups is 1. The zero-order valence-electron chi connectivity index (χ0n) is 14.5. The summed E-state index contributed by atoms with van der Waals surface area (Å²) in [7, 11) is -2.93. The van der Waals surface area contributed by atoms with Crippen LogP contribution in [0.15, 0.2) is 17.1 Å². The number of hydrogen-bond acceptors (Lipinski definition) is 5. The first kappa shape index (κ1) is 21.4. The van der Waals surface area contributed by atoms with Gasteiger partial charge in [0.1, 0.15) is 13.2 Å². The molecule has 7 nitrogen and oxygen atoms in total. The number of fused-ring (bicyclic) bond motifs is 1. The molecule has 10 heteroatoms. The summed E-state index contributed by atoms with van der Waals surface area (Å²) in [4.78, 5) is 4.53. The summed E-state index contributed by atoms with van der Waals surface area (Å²) in [6.45, 7) is 4.03. The van der Waals surface area contributed by atoms with Crippen molar-refractivity contribution in [3.8, 4) is 11.5 Å². The number of halogens is 2. The van der Waals surface area contributed by atoms with Gasteiger partial charge in [0.15, 0.2) is 27.3 Å². The molecule has 1 fully saturated rings. The quantitative estimate of drug-likeness (QED) is 0.362. The summed E-state index contributed by atoms with van der Waals surface area (Å²) in [6, 6.07) is 3.57. The second-order valence-corrected chi connectivity index (χ2v) is 8.68. The lowest BCUT2D eigenvalue weighted by Gasteiger charge is -2.20. The van der Waals surface area contributed by atoms with Gasteiger partial charge in [-0.05, 0) is 31.0 Å². The molecule has 1 aromatic rings. The van der Waals surface area contributed by atoms with Crippen LogP contribution in [0, 0.1) is 0 Å². The lowest BCUT2D eigenvalue weighted by Crippen LogP contribution is -2.44. The number of ether oxygens (including phenoxy) is 2. The molecule has 26 heavy (non-hydrogen) atoms. The average molecular weight is 516 g/mol. The number of hydrogen-bond donors (Lipinski definition) is 2. The fraction of sp³-hybridized carbons (Fsp3) is 0.562. The Bertz CT molecular complexity index is 773. The van der Waals surface area contributed by atoms with Crippen LogP contribution in [0.1, 0.15) is 18.9 Å². The third-order valence-electron chi connectivity index (χ3n) is 3.99. The molecule has 2 aliphatic heterocycles. The van der Waals surface area contributed by atoms with Crippen LogP contribution in [0.4, 0.5) is 0 Å². The number of rotatable bonds is 4. The maximum absolute atomic E-state index is 11.6. The number of nitrogens with zero attached hydrogens (tertiary/aromatic N) is 1. The van der Waals surface area contributed by atoms with Crippen LogP contribution in [0.2, 0.25) is 5.02 Å². The topological polar surface area (TPSA) is 89.0 Å². The van der Waals surface area contributed by atoms with E-state index in [0.29, 0.717) is 55.2 Å². The van der Waals surface area contributed by atoms with Gasteiger partial charge in [-0.25, -0.2) is 13.4 Å². The zero-order valence-corrected chi connectivity index (χ0v) is 18.4. The molecule has 0 radical (unpaired) electrons. The molecule has 0 bridgehead atoms. The van der Waals surface area contributed by atoms with Crippen LogP contribution < -0.4 is 20.1 Å². The van der Waals surface area contributed by atoms with Crippen LogP contribution in [-0.2, 0) is 16.4 Å². The Balaban J connectivity index is 0.00000243. The van der Waals surface area contributed by atoms with Crippen LogP contribution in [-0.4, -0.2) is 51.7 Å². The molecular formula is C16H23ClIN3O4S. The van der Waals surface area contributed by atoms with E-state index in [1.807, 2.05) is 19.1 Å². The zero-order chi connectivity index (χ0) is 17.9. The molecule has 0 spiro atoms. The fourth-order valence-electron chi connectivity index (χ4n) is 2.85. The molecule has 0 aromatic heterocycles. The maximum atomic E-state index is 11.6. The average Bonchev–Trinajstić information content (AvgIpc) is 2.91. The van der Waals surface area contributed by atoms with E-state index in [1.54, 1.807) is 0 Å². The summed E-state index contributed by atoms with van der Waals surface area (Å²) in [6.07, 6.45) is 0.600. The molecule has 1 unspecified atom stereocenters. The SMILES string of the molecule is CCNC(=NCc1cc(Cl)c2c(c1)OCCO2)NC1CCS(=O)(=O)C1.I. The van der Waals surface area contributed by atoms with E-state index < -0.39 is 9.84 Å². The van der Waals surface area contributed by atoms with Crippen LogP contribution in [0.5, 0.6) is 11.5 Å². The van der Waals surface area contributed by atoms with E-state index >= 15 is 0 Å². The van der Waals surface area contributed by atoms with Gasteiger partial charge in [-0.1, -0.05) is 11.6 Å². The van der Waals surface area contributed by atoms with Crippen molar-refractivity contribution in [3.63, 3.8) is 0 Å². The molecule has 146 valence electrons. The largest absolute Gasteiger partial charge is 0.486 e. The number of nitrogens with one attached hydrogen (secondary N) is 2. The van der Waals surface area contributed by atoms with E-state index in [1.165, 1.54) is 0 Å². The molecule has 3 rings (SSSR count). The molecule has 1 atom stereocenters. The Morgan fingerprint density at radius 3 is 2.81 bits per heavy atom. The van der Waals surface area contributed by atoms with Crippen molar-refractivity contribution < 1.29 is 17.9 Å². The van der Waals surface area contributed by atoms with E-state index in [0.717, 1.165) is 5.56 Å². The van der Waals surface area contributed by atoms with Gasteiger partial charge in [0, 0.05) is 12.6 Å². The smallest absolute Gasteiger partial charge is 0.191 e. The van der Waals surface area contributed by atoms with Gasteiger partial charge < -0.3 is 20.1 Å². The van der Waals surface area contributed by atoms with E-state index in [-0.39, 0.29) is 41.5 Å². The summed E-state index contributed by atoms with van der Waals surface area (Å²) in [5.41, 5.74) is 0.894. The molecule has 2 heterocycles. The lowest BCUT2D eigenvalue weighted by atomic mass is 10.2. The Hall–Kier alpha value is -0.940. The highest BCUT2D eigenvalue weighted by Gasteiger charge is 2.28. The minimum Gasteiger partial charge on any atom is -0.486 e. The fourth-order valence-corrected chi connectivity index (χ4v) is 4.81. The maximum Gasteiger partial charge on any atom is 0.191 e. The highest BCUT2D eigenvalue weighted by atomic mass is 127. The molecule has 0 amide bonds. The first-order valence-electron chi connectivity index (χ1n) is 8.30. The van der Waals surface area contributed by atoms with Crippen molar-refractivity contribution in [1.82, 2.24) is 10.6 Å². The Morgan fingerprint density at radius 1 is 1.35 bits per heavy atom. The van der Waals surface area contributed by atoms with Gasteiger partial charge >= 0.3 is 0 Å². The van der Waals surface area contributed by atoms with Gasteiger partial charge in [0.25, 0.3) is 0 Å². The van der Waals surface area contributed by atoms with Crippen molar-refractivity contribution >= 4 is 51.4 Å². The third-order valence-corrected chi connectivity index (χ3v) is 6.04. The van der Waals surface area contributed by atoms with Gasteiger partial charge in [0.2, 0.25) is 0 Å². The second kappa shape index (κ2) is 9.32. The summed E-state index contributed by atoms with van der Waals surface area (Å²) >= 11 is 6.24. The molecule has 2 N–H and O–H groups in total.